The van der Waals surface area contributed by atoms with Crippen LogP contribution in [-0.4, -0.2) is 31.1 Å². The molecular formula is C14H17Cl2FN2OS. The first-order valence-electron chi connectivity index (χ1n) is 6.66. The normalized spacial score (nSPS) is 14.5. The molecule has 0 saturated carbocycles. The van der Waals surface area contributed by atoms with Crippen molar-refractivity contribution in [3.8, 4) is 0 Å². The lowest BCUT2D eigenvalue weighted by Gasteiger charge is -2.12. The molecule has 0 bridgehead atoms. The second-order valence-electron chi connectivity index (χ2n) is 4.97. The third-order valence-corrected chi connectivity index (χ3v) is 5.36. The minimum absolute atomic E-state index is 0.0770. The smallest absolute Gasteiger partial charge is 0.144 e. The molecule has 2 rings (SSSR count). The molecule has 0 fully saturated rings. The highest BCUT2D eigenvalue weighted by molar-refractivity contribution is 7.84. The second kappa shape index (κ2) is 7.07. The molecule has 0 aliphatic rings. The van der Waals surface area contributed by atoms with Crippen molar-refractivity contribution in [3.05, 3.63) is 28.8 Å². The third kappa shape index (κ3) is 3.76. The lowest BCUT2D eigenvalue weighted by molar-refractivity contribution is 0.610. The standard InChI is InChI=1S/C14H17Cl2FN2OS/c1-9(21(2)20)4-6-19-13-7-10(16)11(17)8-12(13)18-14(19)3-5-15/h7-9H,3-6H2,1-2H3. The van der Waals surface area contributed by atoms with Crippen molar-refractivity contribution < 1.29 is 8.60 Å². The first kappa shape index (κ1) is 16.7. The molecule has 0 N–H and O–H groups in total. The maximum absolute atomic E-state index is 13.5. The molecule has 0 saturated heterocycles. The lowest BCUT2D eigenvalue weighted by atomic mass is 10.3. The van der Waals surface area contributed by atoms with E-state index in [1.165, 1.54) is 6.07 Å². The fourth-order valence-corrected chi connectivity index (χ4v) is 2.94. The highest BCUT2D eigenvalue weighted by Gasteiger charge is 2.15. The van der Waals surface area contributed by atoms with Crippen molar-refractivity contribution in [3.63, 3.8) is 0 Å². The van der Waals surface area contributed by atoms with E-state index in [4.69, 9.17) is 23.2 Å². The molecule has 7 heteroatoms. The summed E-state index contributed by atoms with van der Waals surface area (Å²) in [6.07, 6.45) is 3.04. The summed E-state index contributed by atoms with van der Waals surface area (Å²) in [4.78, 5) is 4.43. The number of aromatic nitrogens is 2. The number of aryl methyl sites for hydroxylation is 2. The van der Waals surface area contributed by atoms with E-state index in [1.54, 1.807) is 12.3 Å². The van der Waals surface area contributed by atoms with Crippen molar-refractivity contribution in [2.24, 2.45) is 0 Å². The zero-order valence-corrected chi connectivity index (χ0v) is 14.2. The summed E-state index contributed by atoms with van der Waals surface area (Å²) in [5.41, 5.74) is 1.36. The summed E-state index contributed by atoms with van der Waals surface area (Å²) in [6.45, 7) is 2.61. The Morgan fingerprint density at radius 2 is 2.19 bits per heavy atom. The molecule has 0 radical (unpaired) electrons. The Labute approximate surface area is 135 Å². The average molecular weight is 351 g/mol. The predicted octanol–water partition coefficient (Wildman–Crippen LogP) is 3.77. The van der Waals surface area contributed by atoms with Crippen LogP contribution in [0.5, 0.6) is 0 Å². The SMILES string of the molecule is CC(CCn1c(CCCl)nc2cc(F)c(Cl)cc21)S(C)=O. The number of hydrogen-bond donors (Lipinski definition) is 0. The van der Waals surface area contributed by atoms with Crippen molar-refractivity contribution in [1.82, 2.24) is 9.55 Å². The molecule has 0 aliphatic heterocycles. The summed E-state index contributed by atoms with van der Waals surface area (Å²) in [5.74, 6) is 0.763. The van der Waals surface area contributed by atoms with Gasteiger partial charge in [0.05, 0.1) is 16.1 Å². The highest BCUT2D eigenvalue weighted by Crippen LogP contribution is 2.25. The summed E-state index contributed by atoms with van der Waals surface area (Å²) < 4.78 is 27.0. The maximum atomic E-state index is 13.5. The topological polar surface area (TPSA) is 34.9 Å². The fraction of sp³-hybridized carbons (Fsp3) is 0.500. The van der Waals surface area contributed by atoms with Crippen LogP contribution in [-0.2, 0) is 23.8 Å². The number of nitrogens with zero attached hydrogens (tertiary/aromatic N) is 2. The number of halogens is 3. The van der Waals surface area contributed by atoms with Gasteiger partial charge in [0.1, 0.15) is 11.6 Å². The Morgan fingerprint density at radius 3 is 2.81 bits per heavy atom. The van der Waals surface area contributed by atoms with Crippen LogP contribution in [0.3, 0.4) is 0 Å². The molecule has 0 amide bonds. The van der Waals surface area contributed by atoms with Gasteiger partial charge < -0.3 is 4.57 Å². The largest absolute Gasteiger partial charge is 0.328 e. The summed E-state index contributed by atoms with van der Waals surface area (Å²) in [5, 5.41) is 0.162. The van der Waals surface area contributed by atoms with Crippen LogP contribution in [0.2, 0.25) is 5.02 Å². The number of fused-ring (bicyclic) bond motifs is 1. The Balaban J connectivity index is 2.40. The van der Waals surface area contributed by atoms with E-state index >= 15 is 0 Å². The number of benzene rings is 1. The van der Waals surface area contributed by atoms with Gasteiger partial charge in [0.15, 0.2) is 0 Å². The molecule has 1 aromatic carbocycles. The van der Waals surface area contributed by atoms with E-state index in [1.807, 2.05) is 11.5 Å². The Bertz CT molecular complexity index is 675. The van der Waals surface area contributed by atoms with Gasteiger partial charge in [-0.3, -0.25) is 4.21 Å². The lowest BCUT2D eigenvalue weighted by Crippen LogP contribution is -2.14. The van der Waals surface area contributed by atoms with Crippen LogP contribution in [0, 0.1) is 5.82 Å². The quantitative estimate of drug-likeness (QED) is 0.743. The van der Waals surface area contributed by atoms with E-state index < -0.39 is 16.6 Å². The molecule has 3 nitrogen and oxygen atoms in total. The number of hydrogen-bond acceptors (Lipinski definition) is 2. The molecule has 1 heterocycles. The molecule has 0 spiro atoms. The molecule has 2 atom stereocenters. The van der Waals surface area contributed by atoms with Gasteiger partial charge >= 0.3 is 0 Å². The van der Waals surface area contributed by atoms with Gasteiger partial charge in [-0.25, -0.2) is 9.37 Å². The van der Waals surface area contributed by atoms with E-state index in [-0.39, 0.29) is 10.3 Å². The molecule has 116 valence electrons. The molecular weight excluding hydrogens is 334 g/mol. The third-order valence-electron chi connectivity index (χ3n) is 3.51. The zero-order valence-electron chi connectivity index (χ0n) is 11.9. The molecule has 2 unspecified atom stereocenters. The summed E-state index contributed by atoms with van der Waals surface area (Å²) >= 11 is 11.7. The predicted molar refractivity (Wildman–Crippen MR) is 87.3 cm³/mol. The van der Waals surface area contributed by atoms with Crippen LogP contribution >= 0.6 is 23.2 Å². The van der Waals surface area contributed by atoms with Crippen LogP contribution in [0.4, 0.5) is 4.39 Å². The fourth-order valence-electron chi connectivity index (χ4n) is 2.17. The van der Waals surface area contributed by atoms with Crippen molar-refractivity contribution in [2.45, 2.75) is 31.6 Å². The average Bonchev–Trinajstić information content (AvgIpc) is 2.74. The monoisotopic (exact) mass is 350 g/mol. The first-order chi connectivity index (χ1) is 9.93. The van der Waals surface area contributed by atoms with E-state index in [9.17, 15) is 8.60 Å². The van der Waals surface area contributed by atoms with Crippen LogP contribution in [0.1, 0.15) is 19.2 Å². The maximum Gasteiger partial charge on any atom is 0.144 e. The van der Waals surface area contributed by atoms with Crippen molar-refractivity contribution in [1.29, 1.82) is 0 Å². The Hall–Kier alpha value is -0.650. The number of imidazole rings is 1. The number of rotatable bonds is 6. The molecule has 21 heavy (non-hydrogen) atoms. The van der Waals surface area contributed by atoms with Gasteiger partial charge in [0.2, 0.25) is 0 Å². The minimum atomic E-state index is -0.870. The van der Waals surface area contributed by atoms with Gasteiger partial charge in [-0.2, -0.15) is 0 Å². The summed E-state index contributed by atoms with van der Waals surface area (Å²) in [6, 6.07) is 2.93. The molecule has 0 aliphatic carbocycles. The first-order valence-corrected chi connectivity index (χ1v) is 9.19. The molecule has 1 aromatic heterocycles. The van der Waals surface area contributed by atoms with Gasteiger partial charge in [-0.15, -0.1) is 11.6 Å². The Morgan fingerprint density at radius 1 is 1.48 bits per heavy atom. The van der Waals surface area contributed by atoms with Crippen molar-refractivity contribution in [2.75, 3.05) is 12.1 Å². The zero-order chi connectivity index (χ0) is 15.6. The van der Waals surface area contributed by atoms with E-state index in [0.29, 0.717) is 24.4 Å². The highest BCUT2D eigenvalue weighted by atomic mass is 35.5. The minimum Gasteiger partial charge on any atom is -0.328 e. The summed E-state index contributed by atoms with van der Waals surface area (Å²) in [7, 11) is -0.870. The van der Waals surface area contributed by atoms with Crippen LogP contribution < -0.4 is 0 Å². The van der Waals surface area contributed by atoms with Gasteiger partial charge in [0, 0.05) is 47.2 Å². The van der Waals surface area contributed by atoms with Gasteiger partial charge in [-0.1, -0.05) is 18.5 Å². The van der Waals surface area contributed by atoms with Crippen molar-refractivity contribution >= 4 is 45.0 Å². The Kier molecular flexibility index (Phi) is 5.63. The second-order valence-corrected chi connectivity index (χ2v) is 7.56. The van der Waals surface area contributed by atoms with Gasteiger partial charge in [-0.05, 0) is 12.5 Å². The molecule has 2 aromatic rings. The van der Waals surface area contributed by atoms with Crippen LogP contribution in [0.25, 0.3) is 11.0 Å². The van der Waals surface area contributed by atoms with Crippen LogP contribution in [0.15, 0.2) is 12.1 Å². The number of alkyl halides is 1. The van der Waals surface area contributed by atoms with Gasteiger partial charge in [0.25, 0.3) is 0 Å². The van der Waals surface area contributed by atoms with E-state index in [2.05, 4.69) is 4.98 Å². The van der Waals surface area contributed by atoms with E-state index in [0.717, 1.165) is 17.8 Å².